The first-order chi connectivity index (χ1) is 20.0. The van der Waals surface area contributed by atoms with E-state index in [0.29, 0.717) is 23.0 Å². The number of benzene rings is 3. The van der Waals surface area contributed by atoms with E-state index in [2.05, 4.69) is 24.4 Å². The minimum absolute atomic E-state index is 0.163. The molecular formula is C32H27FN4O3S. The second kappa shape index (κ2) is 11.5. The highest BCUT2D eigenvalue weighted by Gasteiger charge is 2.38. The molecule has 1 atom stereocenters. The molecular weight excluding hydrogens is 539 g/mol. The third kappa shape index (κ3) is 5.40. The highest BCUT2D eigenvalue weighted by atomic mass is 32.2. The Labute approximate surface area is 241 Å². The van der Waals surface area contributed by atoms with E-state index in [-0.39, 0.29) is 41.7 Å². The number of fused-ring (bicyclic) bond motifs is 1. The van der Waals surface area contributed by atoms with Crippen molar-refractivity contribution in [3.05, 3.63) is 126 Å². The molecule has 0 aliphatic carbocycles. The smallest absolute Gasteiger partial charge is 0.240 e. The Morgan fingerprint density at radius 2 is 1.78 bits per heavy atom. The normalized spacial score (nSPS) is 14.9. The molecule has 7 nitrogen and oxygen atoms in total. The summed E-state index contributed by atoms with van der Waals surface area (Å²) in [5, 5.41) is 7.64. The van der Waals surface area contributed by atoms with Crippen molar-refractivity contribution in [2.45, 2.75) is 18.7 Å². The molecule has 9 heteroatoms. The highest BCUT2D eigenvalue weighted by molar-refractivity contribution is 8.00. The zero-order valence-electron chi connectivity index (χ0n) is 22.3. The topological polar surface area (TPSA) is 80.4 Å². The number of furan rings is 1. The van der Waals surface area contributed by atoms with Gasteiger partial charge in [0.1, 0.15) is 23.9 Å². The van der Waals surface area contributed by atoms with E-state index in [0.717, 1.165) is 22.3 Å². The number of carbonyl (C=O) groups excluding carboxylic acids is 2. The zero-order valence-corrected chi connectivity index (χ0v) is 23.1. The number of thioether (sulfide) groups is 1. The van der Waals surface area contributed by atoms with E-state index in [4.69, 9.17) is 9.52 Å². The number of hydrogen-bond acceptors (Lipinski definition) is 5. The van der Waals surface area contributed by atoms with E-state index in [9.17, 15) is 14.0 Å². The van der Waals surface area contributed by atoms with Crippen LogP contribution in [0.4, 0.5) is 10.2 Å². The van der Waals surface area contributed by atoms with Gasteiger partial charge in [-0.2, -0.15) is 5.10 Å². The predicted octanol–water partition coefficient (Wildman–Crippen LogP) is 6.07. The van der Waals surface area contributed by atoms with Gasteiger partial charge in [-0.05, 0) is 54.4 Å². The van der Waals surface area contributed by atoms with Gasteiger partial charge in [0.15, 0.2) is 0 Å². The van der Waals surface area contributed by atoms with E-state index >= 15 is 0 Å². The average Bonchev–Trinajstić information content (AvgIpc) is 3.62. The Bertz CT molecular complexity index is 1680. The molecule has 0 saturated carbocycles. The van der Waals surface area contributed by atoms with Gasteiger partial charge in [0.2, 0.25) is 11.8 Å². The summed E-state index contributed by atoms with van der Waals surface area (Å²) in [6.45, 7) is 2.04. The maximum absolute atomic E-state index is 14.0. The largest absolute Gasteiger partial charge is 0.467 e. The SMILES string of the molecule is Cc1ccccc1[C@@H]1SCC(=O)N(CC(=O)NCc2ccco2)c2c1c(-c1ccccc1)nn2-c1ccc(F)cc1. The summed E-state index contributed by atoms with van der Waals surface area (Å²) >= 11 is 1.51. The van der Waals surface area contributed by atoms with E-state index < -0.39 is 0 Å². The van der Waals surface area contributed by atoms with Crippen molar-refractivity contribution < 1.29 is 18.4 Å². The summed E-state index contributed by atoms with van der Waals surface area (Å²) in [6, 6.07) is 27.4. The van der Waals surface area contributed by atoms with Crippen molar-refractivity contribution >= 4 is 29.4 Å². The van der Waals surface area contributed by atoms with Crippen LogP contribution in [-0.4, -0.2) is 33.9 Å². The summed E-state index contributed by atoms with van der Waals surface area (Å²) in [5.41, 5.74) is 5.12. The molecule has 0 fully saturated rings. The molecule has 2 aromatic heterocycles. The van der Waals surface area contributed by atoms with Gasteiger partial charge in [0.05, 0.1) is 35.2 Å². The quantitative estimate of drug-likeness (QED) is 0.259. The van der Waals surface area contributed by atoms with Gasteiger partial charge in [-0.1, -0.05) is 54.6 Å². The second-order valence-electron chi connectivity index (χ2n) is 9.72. The number of halogens is 1. The van der Waals surface area contributed by atoms with Crippen LogP contribution in [-0.2, 0) is 16.1 Å². The average molecular weight is 567 g/mol. The Kier molecular flexibility index (Phi) is 7.43. The van der Waals surface area contributed by atoms with Gasteiger partial charge in [-0.3, -0.25) is 14.5 Å². The molecule has 0 unspecified atom stereocenters. The fourth-order valence-electron chi connectivity index (χ4n) is 5.02. The van der Waals surface area contributed by atoms with Crippen LogP contribution in [0.3, 0.4) is 0 Å². The highest BCUT2D eigenvalue weighted by Crippen LogP contribution is 2.49. The summed E-state index contributed by atoms with van der Waals surface area (Å²) in [6.07, 6.45) is 1.54. The van der Waals surface area contributed by atoms with Gasteiger partial charge in [-0.15, -0.1) is 11.8 Å². The number of aryl methyl sites for hydroxylation is 1. The molecule has 5 aromatic rings. The fourth-order valence-corrected chi connectivity index (χ4v) is 6.31. The van der Waals surface area contributed by atoms with Gasteiger partial charge >= 0.3 is 0 Å². The van der Waals surface area contributed by atoms with Crippen LogP contribution in [0.1, 0.15) is 27.7 Å². The first kappa shape index (κ1) is 26.6. The van der Waals surface area contributed by atoms with E-state index in [1.807, 2.05) is 42.5 Å². The van der Waals surface area contributed by atoms with E-state index in [1.54, 1.807) is 35.2 Å². The Hall–Kier alpha value is -4.63. The van der Waals surface area contributed by atoms with Crippen LogP contribution in [0.15, 0.2) is 102 Å². The standard InChI is InChI=1S/C32H27FN4O3S/c1-21-8-5-6-12-26(21)31-29-30(22-9-3-2-4-10-22)35-37(24-15-13-23(33)14-16-24)32(29)36(28(39)20-41-31)19-27(38)34-18-25-11-7-17-40-25/h2-17,31H,18-20H2,1H3,(H,34,38)/t31-/m0/s1. The first-order valence-corrected chi connectivity index (χ1v) is 14.3. The third-order valence-corrected chi connectivity index (χ3v) is 8.26. The minimum Gasteiger partial charge on any atom is -0.467 e. The molecule has 2 amide bonds. The molecule has 0 saturated heterocycles. The Balaban J connectivity index is 1.54. The van der Waals surface area contributed by atoms with Crippen LogP contribution in [0, 0.1) is 12.7 Å². The molecule has 0 bridgehead atoms. The summed E-state index contributed by atoms with van der Waals surface area (Å²) in [7, 11) is 0. The van der Waals surface area contributed by atoms with Gasteiger partial charge in [0, 0.05) is 11.1 Å². The van der Waals surface area contributed by atoms with Gasteiger partial charge in [0.25, 0.3) is 0 Å². The molecule has 0 spiro atoms. The van der Waals surface area contributed by atoms with Gasteiger partial charge < -0.3 is 9.73 Å². The molecule has 3 heterocycles. The summed E-state index contributed by atoms with van der Waals surface area (Å²) < 4.78 is 21.0. The van der Waals surface area contributed by atoms with Crippen LogP contribution < -0.4 is 10.2 Å². The maximum Gasteiger partial charge on any atom is 0.240 e. The number of hydrogen-bond donors (Lipinski definition) is 1. The molecule has 206 valence electrons. The lowest BCUT2D eigenvalue weighted by atomic mass is 9.97. The lowest BCUT2D eigenvalue weighted by Gasteiger charge is -2.23. The van der Waals surface area contributed by atoms with Crippen LogP contribution in [0.25, 0.3) is 16.9 Å². The number of carbonyl (C=O) groups is 2. The van der Waals surface area contributed by atoms with Gasteiger partial charge in [-0.25, -0.2) is 9.07 Å². The number of anilines is 1. The number of amides is 2. The number of aromatic nitrogens is 2. The first-order valence-electron chi connectivity index (χ1n) is 13.2. The van der Waals surface area contributed by atoms with Crippen molar-refractivity contribution in [3.63, 3.8) is 0 Å². The molecule has 1 N–H and O–H groups in total. The second-order valence-corrected chi connectivity index (χ2v) is 10.8. The van der Waals surface area contributed by atoms with Crippen molar-refractivity contribution in [3.8, 4) is 16.9 Å². The summed E-state index contributed by atoms with van der Waals surface area (Å²) in [5.74, 6) is 0.327. The number of nitrogens with zero attached hydrogens (tertiary/aromatic N) is 3. The predicted molar refractivity (Wildman–Crippen MR) is 157 cm³/mol. The maximum atomic E-state index is 14.0. The van der Waals surface area contributed by atoms with Crippen molar-refractivity contribution in [2.24, 2.45) is 0 Å². The fraction of sp³-hybridized carbons (Fsp3) is 0.156. The summed E-state index contributed by atoms with van der Waals surface area (Å²) in [4.78, 5) is 28.5. The Morgan fingerprint density at radius 1 is 1.02 bits per heavy atom. The zero-order chi connectivity index (χ0) is 28.3. The molecule has 1 aliphatic rings. The lowest BCUT2D eigenvalue weighted by Crippen LogP contribution is -2.42. The third-order valence-electron chi connectivity index (χ3n) is 7.02. The lowest BCUT2D eigenvalue weighted by molar-refractivity contribution is -0.123. The molecule has 1 aliphatic heterocycles. The molecule has 6 rings (SSSR count). The Morgan fingerprint density at radius 3 is 2.51 bits per heavy atom. The number of nitrogens with one attached hydrogen (secondary N) is 1. The van der Waals surface area contributed by atoms with Crippen LogP contribution in [0.5, 0.6) is 0 Å². The van der Waals surface area contributed by atoms with Crippen molar-refractivity contribution in [1.82, 2.24) is 15.1 Å². The monoisotopic (exact) mass is 566 g/mol. The molecule has 0 radical (unpaired) electrons. The molecule has 41 heavy (non-hydrogen) atoms. The van der Waals surface area contributed by atoms with Crippen molar-refractivity contribution in [2.75, 3.05) is 17.2 Å². The van der Waals surface area contributed by atoms with Crippen LogP contribution in [0.2, 0.25) is 0 Å². The minimum atomic E-state index is -0.381. The number of rotatable bonds is 7. The van der Waals surface area contributed by atoms with Crippen LogP contribution >= 0.6 is 11.8 Å². The van der Waals surface area contributed by atoms with E-state index in [1.165, 1.54) is 28.8 Å². The van der Waals surface area contributed by atoms with Crippen molar-refractivity contribution in [1.29, 1.82) is 0 Å². The molecule has 3 aromatic carbocycles.